The normalized spacial score (nSPS) is 21.4. The summed E-state index contributed by atoms with van der Waals surface area (Å²) in [4.78, 5) is 15.3. The molecule has 0 spiro atoms. The highest BCUT2D eigenvalue weighted by molar-refractivity contribution is 5.76. The molecule has 0 aliphatic heterocycles. The second kappa shape index (κ2) is 13.1. The van der Waals surface area contributed by atoms with Crippen LogP contribution in [-0.4, -0.2) is 15.0 Å². The third-order valence-electron chi connectivity index (χ3n) is 10.7. The van der Waals surface area contributed by atoms with Gasteiger partial charge in [0.05, 0.1) is 11.6 Å². The number of rotatable bonds is 6. The predicted molar refractivity (Wildman–Crippen MR) is 198 cm³/mol. The molecular formula is C45H39FN4. The molecule has 0 N–H and O–H groups in total. The van der Waals surface area contributed by atoms with Crippen molar-refractivity contribution < 1.29 is 4.39 Å². The molecule has 2 saturated carbocycles. The van der Waals surface area contributed by atoms with Gasteiger partial charge in [-0.15, -0.1) is 0 Å². The molecular weight excluding hydrogens is 616 g/mol. The van der Waals surface area contributed by atoms with Crippen molar-refractivity contribution in [3.63, 3.8) is 0 Å². The first kappa shape index (κ1) is 31.8. The first-order valence-corrected chi connectivity index (χ1v) is 17.7. The van der Waals surface area contributed by atoms with E-state index in [1.54, 1.807) is 12.1 Å². The topological polar surface area (TPSA) is 62.5 Å². The molecule has 8 rings (SSSR count). The van der Waals surface area contributed by atoms with Crippen molar-refractivity contribution in [3.8, 4) is 62.5 Å². The quantitative estimate of drug-likeness (QED) is 0.179. The fraction of sp³-hybridized carbons (Fsp3) is 0.244. The van der Waals surface area contributed by atoms with Crippen molar-refractivity contribution in [2.75, 3.05) is 0 Å². The van der Waals surface area contributed by atoms with E-state index >= 15 is 0 Å². The van der Waals surface area contributed by atoms with Crippen LogP contribution in [0.5, 0.6) is 0 Å². The molecule has 4 nitrogen and oxygen atoms in total. The van der Waals surface area contributed by atoms with Gasteiger partial charge < -0.3 is 0 Å². The monoisotopic (exact) mass is 654 g/mol. The van der Waals surface area contributed by atoms with Crippen LogP contribution in [0.25, 0.3) is 56.4 Å². The second-order valence-electron chi connectivity index (χ2n) is 14.7. The zero-order valence-corrected chi connectivity index (χ0v) is 28.5. The number of hydrogen-bond acceptors (Lipinski definition) is 4. The summed E-state index contributed by atoms with van der Waals surface area (Å²) in [6.07, 6.45) is 6.19. The second-order valence-corrected chi connectivity index (χ2v) is 14.7. The molecule has 50 heavy (non-hydrogen) atoms. The van der Waals surface area contributed by atoms with Crippen molar-refractivity contribution in [1.29, 1.82) is 5.26 Å². The van der Waals surface area contributed by atoms with Crippen LogP contribution in [0.2, 0.25) is 0 Å². The summed E-state index contributed by atoms with van der Waals surface area (Å²) >= 11 is 0. The van der Waals surface area contributed by atoms with Crippen LogP contribution in [0.1, 0.15) is 57.1 Å². The summed E-state index contributed by atoms with van der Waals surface area (Å²) in [5.41, 5.74) is 8.89. The van der Waals surface area contributed by atoms with Crippen LogP contribution in [0.15, 0.2) is 121 Å². The minimum absolute atomic E-state index is 0.0962. The molecule has 2 aliphatic carbocycles. The minimum atomic E-state index is -0.262. The van der Waals surface area contributed by atoms with E-state index in [4.69, 9.17) is 15.0 Å². The molecule has 2 aliphatic rings. The zero-order valence-electron chi connectivity index (χ0n) is 28.5. The number of halogens is 1. The number of hydrogen-bond donors (Lipinski definition) is 0. The van der Waals surface area contributed by atoms with Crippen molar-refractivity contribution in [3.05, 3.63) is 138 Å². The lowest BCUT2D eigenvalue weighted by Crippen LogP contribution is -2.42. The van der Waals surface area contributed by atoms with E-state index in [1.165, 1.54) is 49.8 Å². The molecule has 1 unspecified atom stereocenters. The maximum atomic E-state index is 13.7. The maximum Gasteiger partial charge on any atom is 0.164 e. The van der Waals surface area contributed by atoms with E-state index in [-0.39, 0.29) is 11.2 Å². The molecule has 1 aromatic heterocycles. The third kappa shape index (κ3) is 6.34. The standard InChI is InChI=1S/C45H39FN4/c1-29-19-32-20-30(2)26-45(25-29,27-32)40-23-38(34-13-11-31(28-47)12-14-34)22-39(24-40)44-49-42(35-7-4-3-5-8-35)48-43(50-44)37-10-6-9-36(21-37)33-15-17-41(46)18-16-33/h3-18,21-24,29-30,32H,19-20,25-27H2,1-2H3/t29-,30+,32-,45?. The molecule has 4 atom stereocenters. The van der Waals surface area contributed by atoms with Gasteiger partial charge in [0, 0.05) is 16.7 Å². The van der Waals surface area contributed by atoms with Crippen molar-refractivity contribution in [2.24, 2.45) is 17.8 Å². The SMILES string of the molecule is C[C@@H]1C[C@@H]2C[C@H](C)CC(c3cc(-c4ccc(C#N)cc4)cc(-c4nc(-c5ccccc5)nc(-c5cccc(-c6ccc(F)cc6)c5)n4)c3)(C1)C2. The van der Waals surface area contributed by atoms with Crippen LogP contribution in [0.4, 0.5) is 4.39 Å². The number of benzene rings is 5. The van der Waals surface area contributed by atoms with Gasteiger partial charge in [0.1, 0.15) is 5.82 Å². The molecule has 0 amide bonds. The first-order chi connectivity index (χ1) is 24.3. The number of fused-ring (bicyclic) bond motifs is 2. The molecule has 246 valence electrons. The van der Waals surface area contributed by atoms with E-state index in [0.29, 0.717) is 34.9 Å². The van der Waals surface area contributed by atoms with E-state index in [1.807, 2.05) is 72.8 Å². The average Bonchev–Trinajstić information content (AvgIpc) is 3.14. The predicted octanol–water partition coefficient (Wildman–Crippen LogP) is 11.3. The Morgan fingerprint density at radius 3 is 1.78 bits per heavy atom. The Bertz CT molecular complexity index is 2180. The molecule has 5 aromatic carbocycles. The van der Waals surface area contributed by atoms with Crippen molar-refractivity contribution >= 4 is 0 Å². The Kier molecular flexibility index (Phi) is 8.32. The summed E-state index contributed by atoms with van der Waals surface area (Å²) < 4.78 is 13.7. The van der Waals surface area contributed by atoms with Crippen LogP contribution in [0, 0.1) is 34.9 Å². The highest BCUT2D eigenvalue weighted by Crippen LogP contribution is 2.55. The van der Waals surface area contributed by atoms with Crippen molar-refractivity contribution in [2.45, 2.75) is 51.4 Å². The van der Waals surface area contributed by atoms with Crippen LogP contribution < -0.4 is 0 Å². The molecule has 0 radical (unpaired) electrons. The summed E-state index contributed by atoms with van der Waals surface area (Å²) in [5, 5.41) is 9.50. The molecule has 6 aromatic rings. The summed E-state index contributed by atoms with van der Waals surface area (Å²) in [6.45, 7) is 4.85. The molecule has 2 bridgehead atoms. The van der Waals surface area contributed by atoms with Crippen molar-refractivity contribution in [1.82, 2.24) is 15.0 Å². The third-order valence-corrected chi connectivity index (χ3v) is 10.7. The van der Waals surface area contributed by atoms with Gasteiger partial charge in [0.15, 0.2) is 17.5 Å². The lowest BCUT2D eigenvalue weighted by atomic mass is 9.54. The fourth-order valence-electron chi connectivity index (χ4n) is 8.86. The van der Waals surface area contributed by atoms with E-state index in [9.17, 15) is 9.65 Å². The fourth-order valence-corrected chi connectivity index (χ4v) is 8.86. The van der Waals surface area contributed by atoms with Gasteiger partial charge in [-0.2, -0.15) is 5.26 Å². The van der Waals surface area contributed by atoms with E-state index in [0.717, 1.165) is 44.9 Å². The van der Waals surface area contributed by atoms with Gasteiger partial charge in [-0.05, 0) is 126 Å². The average molecular weight is 655 g/mol. The Hall–Kier alpha value is -5.47. The highest BCUT2D eigenvalue weighted by atomic mass is 19.1. The first-order valence-electron chi connectivity index (χ1n) is 17.7. The van der Waals surface area contributed by atoms with Gasteiger partial charge in [-0.3, -0.25) is 0 Å². The minimum Gasteiger partial charge on any atom is -0.208 e. The lowest BCUT2D eigenvalue weighted by molar-refractivity contribution is 0.0781. The maximum absolute atomic E-state index is 13.7. The van der Waals surface area contributed by atoms with Gasteiger partial charge in [-0.1, -0.05) is 92.7 Å². The van der Waals surface area contributed by atoms with Crippen LogP contribution in [0.3, 0.4) is 0 Å². The van der Waals surface area contributed by atoms with Gasteiger partial charge >= 0.3 is 0 Å². The van der Waals surface area contributed by atoms with E-state index in [2.05, 4.69) is 44.2 Å². The van der Waals surface area contributed by atoms with Gasteiger partial charge in [0.2, 0.25) is 0 Å². The Morgan fingerprint density at radius 1 is 0.560 bits per heavy atom. The largest absolute Gasteiger partial charge is 0.208 e. The van der Waals surface area contributed by atoms with Crippen LogP contribution >= 0.6 is 0 Å². The molecule has 0 saturated heterocycles. The number of nitrogens with zero attached hydrogens (tertiary/aromatic N) is 4. The van der Waals surface area contributed by atoms with Gasteiger partial charge in [0.25, 0.3) is 0 Å². The molecule has 5 heteroatoms. The zero-order chi connectivity index (χ0) is 34.2. The molecule has 2 fully saturated rings. The van der Waals surface area contributed by atoms with E-state index < -0.39 is 0 Å². The smallest absolute Gasteiger partial charge is 0.164 e. The Labute approximate surface area is 293 Å². The molecule has 1 heterocycles. The highest BCUT2D eigenvalue weighted by Gasteiger charge is 2.45. The summed E-state index contributed by atoms with van der Waals surface area (Å²) in [6, 6.07) is 41.8. The Balaban J connectivity index is 1.32. The Morgan fingerprint density at radius 2 is 1.10 bits per heavy atom. The number of aromatic nitrogens is 3. The van der Waals surface area contributed by atoms with Gasteiger partial charge in [-0.25, -0.2) is 19.3 Å². The van der Waals surface area contributed by atoms with Crippen LogP contribution in [-0.2, 0) is 5.41 Å². The number of nitriles is 1. The lowest BCUT2D eigenvalue weighted by Gasteiger charge is -2.50. The summed E-state index contributed by atoms with van der Waals surface area (Å²) in [7, 11) is 0. The summed E-state index contributed by atoms with van der Waals surface area (Å²) in [5.74, 6) is 3.64.